The lowest BCUT2D eigenvalue weighted by atomic mass is 10.0. The first-order valence-corrected chi connectivity index (χ1v) is 10.5. The minimum absolute atomic E-state index is 0.0376. The fraction of sp³-hybridized carbons (Fsp3) is 0. The average Bonchev–Trinajstić information content (AvgIpc) is 2.96. The second-order valence-electron chi connectivity index (χ2n) is 7.31. The number of carbonyl (C=O) groups is 1. The van der Waals surface area contributed by atoms with Crippen LogP contribution in [0.3, 0.4) is 0 Å². The molecule has 0 atom stereocenters. The standard InChI is InChI=1S/C29H13N7O/c30-13-23(14-31)28(17-34)21-3-9-26(10-4-21)36(25-7-1-20(19-37)2-8-25)27-11-5-22(6-12-27)29(18-35)24(15-32)16-33/h1-12,19H. The molecule has 0 unspecified atom stereocenters. The van der Waals surface area contributed by atoms with Crippen LogP contribution in [0.1, 0.15) is 21.5 Å². The second-order valence-corrected chi connectivity index (χ2v) is 7.31. The third kappa shape index (κ3) is 5.22. The molecule has 0 spiro atoms. The molecule has 0 bridgehead atoms. The van der Waals surface area contributed by atoms with Crippen molar-refractivity contribution in [2.24, 2.45) is 0 Å². The van der Waals surface area contributed by atoms with Gasteiger partial charge >= 0.3 is 0 Å². The van der Waals surface area contributed by atoms with Crippen molar-refractivity contribution in [2.75, 3.05) is 4.90 Å². The number of hydrogen-bond donors (Lipinski definition) is 0. The summed E-state index contributed by atoms with van der Waals surface area (Å²) in [6.07, 6.45) is 0.729. The first kappa shape index (κ1) is 25.2. The number of anilines is 3. The van der Waals surface area contributed by atoms with Crippen molar-refractivity contribution in [3.8, 4) is 36.4 Å². The van der Waals surface area contributed by atoms with Crippen LogP contribution in [0.5, 0.6) is 0 Å². The fourth-order valence-electron chi connectivity index (χ4n) is 3.51. The SMILES string of the molecule is N#CC(C#N)=C(C#N)c1ccc(N(c2ccc(C=O)cc2)c2ccc(C(C#N)=C(C#N)C#N)cc2)cc1. The van der Waals surface area contributed by atoms with Crippen LogP contribution >= 0.6 is 0 Å². The highest BCUT2D eigenvalue weighted by Gasteiger charge is 2.16. The number of nitriles is 6. The van der Waals surface area contributed by atoms with E-state index < -0.39 is 0 Å². The minimum Gasteiger partial charge on any atom is -0.311 e. The summed E-state index contributed by atoms with van der Waals surface area (Å²) < 4.78 is 0. The third-order valence-electron chi connectivity index (χ3n) is 5.29. The molecule has 0 aliphatic carbocycles. The number of rotatable bonds is 6. The Morgan fingerprint density at radius 3 is 1.11 bits per heavy atom. The Morgan fingerprint density at radius 2 is 0.838 bits per heavy atom. The van der Waals surface area contributed by atoms with Gasteiger partial charge in [0.25, 0.3) is 0 Å². The van der Waals surface area contributed by atoms with E-state index in [0.29, 0.717) is 33.8 Å². The van der Waals surface area contributed by atoms with Gasteiger partial charge in [0.15, 0.2) is 0 Å². The lowest BCUT2D eigenvalue weighted by molar-refractivity contribution is 0.112. The molecule has 0 aliphatic rings. The van der Waals surface area contributed by atoms with E-state index in [0.717, 1.165) is 6.29 Å². The molecule has 0 saturated carbocycles. The van der Waals surface area contributed by atoms with Crippen LogP contribution in [0.15, 0.2) is 83.9 Å². The highest BCUT2D eigenvalue weighted by atomic mass is 16.1. The molecule has 3 aromatic rings. The third-order valence-corrected chi connectivity index (χ3v) is 5.29. The summed E-state index contributed by atoms with van der Waals surface area (Å²) in [4.78, 5) is 13.0. The summed E-state index contributed by atoms with van der Waals surface area (Å²) in [7, 11) is 0. The van der Waals surface area contributed by atoms with Gasteiger partial charge in [-0.25, -0.2) is 0 Å². The van der Waals surface area contributed by atoms with Crippen molar-refractivity contribution < 1.29 is 4.79 Å². The van der Waals surface area contributed by atoms with Crippen LogP contribution in [-0.4, -0.2) is 6.29 Å². The van der Waals surface area contributed by atoms with E-state index in [1.165, 1.54) is 0 Å². The van der Waals surface area contributed by atoms with Crippen LogP contribution in [0.2, 0.25) is 0 Å². The van der Waals surface area contributed by atoms with Gasteiger partial charge in [0.1, 0.15) is 53.8 Å². The van der Waals surface area contributed by atoms with E-state index in [2.05, 4.69) is 0 Å². The summed E-state index contributed by atoms with van der Waals surface area (Å²) in [5.41, 5.74) is 2.66. The van der Waals surface area contributed by atoms with Crippen molar-refractivity contribution in [2.45, 2.75) is 0 Å². The Labute approximate surface area is 212 Å². The minimum atomic E-state index is -0.289. The molecule has 170 valence electrons. The Balaban J connectivity index is 2.15. The van der Waals surface area contributed by atoms with Gasteiger partial charge in [-0.15, -0.1) is 0 Å². The van der Waals surface area contributed by atoms with E-state index in [1.54, 1.807) is 97.1 Å². The van der Waals surface area contributed by atoms with Crippen LogP contribution in [0.4, 0.5) is 17.1 Å². The van der Waals surface area contributed by atoms with E-state index in [4.69, 9.17) is 21.0 Å². The fourth-order valence-corrected chi connectivity index (χ4v) is 3.51. The van der Waals surface area contributed by atoms with Gasteiger partial charge in [0.2, 0.25) is 0 Å². The monoisotopic (exact) mass is 475 g/mol. The number of benzene rings is 3. The number of allylic oxidation sites excluding steroid dienone is 4. The zero-order valence-electron chi connectivity index (χ0n) is 19.0. The molecular formula is C29H13N7O. The summed E-state index contributed by atoms with van der Waals surface area (Å²) >= 11 is 0. The number of hydrogen-bond acceptors (Lipinski definition) is 8. The van der Waals surface area contributed by atoms with Crippen molar-refractivity contribution >= 4 is 34.5 Å². The van der Waals surface area contributed by atoms with Gasteiger partial charge in [0.05, 0.1) is 11.1 Å². The van der Waals surface area contributed by atoms with E-state index >= 15 is 0 Å². The molecule has 8 nitrogen and oxygen atoms in total. The molecule has 0 radical (unpaired) electrons. The maximum atomic E-state index is 11.1. The number of aldehydes is 1. The molecule has 3 rings (SSSR count). The van der Waals surface area contributed by atoms with Gasteiger partial charge in [0, 0.05) is 22.6 Å². The zero-order chi connectivity index (χ0) is 26.8. The predicted octanol–water partition coefficient (Wildman–Crippen LogP) is 5.62. The van der Waals surface area contributed by atoms with Gasteiger partial charge < -0.3 is 4.90 Å². The topological polar surface area (TPSA) is 163 Å². The zero-order valence-corrected chi connectivity index (χ0v) is 19.0. The molecule has 0 fully saturated rings. The predicted molar refractivity (Wildman–Crippen MR) is 134 cm³/mol. The van der Waals surface area contributed by atoms with E-state index in [9.17, 15) is 15.3 Å². The second kappa shape index (κ2) is 11.6. The highest BCUT2D eigenvalue weighted by Crippen LogP contribution is 2.36. The van der Waals surface area contributed by atoms with Crippen molar-refractivity contribution in [1.29, 1.82) is 31.6 Å². The van der Waals surface area contributed by atoms with Crippen LogP contribution in [0.25, 0.3) is 11.1 Å². The summed E-state index contributed by atoms with van der Waals surface area (Å²) in [6, 6.07) is 30.8. The van der Waals surface area contributed by atoms with Crippen LogP contribution < -0.4 is 4.90 Å². The molecule has 37 heavy (non-hydrogen) atoms. The molecular weight excluding hydrogens is 462 g/mol. The molecule has 3 aromatic carbocycles. The Bertz CT molecular complexity index is 1530. The summed E-state index contributed by atoms with van der Waals surface area (Å²) in [6.45, 7) is 0. The number of carbonyl (C=O) groups excluding carboxylic acids is 1. The molecule has 0 saturated heterocycles. The molecule has 8 heteroatoms. The first-order chi connectivity index (χ1) is 18.0. The average molecular weight is 475 g/mol. The highest BCUT2D eigenvalue weighted by molar-refractivity contribution is 5.87. The molecule has 0 aliphatic heterocycles. The van der Waals surface area contributed by atoms with Gasteiger partial charge in [-0.1, -0.05) is 24.3 Å². The largest absolute Gasteiger partial charge is 0.311 e. The lowest BCUT2D eigenvalue weighted by Gasteiger charge is -2.26. The Morgan fingerprint density at radius 1 is 0.514 bits per heavy atom. The smallest absolute Gasteiger partial charge is 0.150 e. The molecule has 0 heterocycles. The summed E-state index contributed by atoms with van der Waals surface area (Å²) in [5.74, 6) is 0. The lowest BCUT2D eigenvalue weighted by Crippen LogP contribution is -2.10. The Hall–Kier alpha value is -6.45. The van der Waals surface area contributed by atoms with Crippen molar-refractivity contribution in [3.05, 3.63) is 101 Å². The molecule has 0 aromatic heterocycles. The van der Waals surface area contributed by atoms with E-state index in [1.807, 2.05) is 17.0 Å². The number of nitrogens with zero attached hydrogens (tertiary/aromatic N) is 7. The molecule has 0 N–H and O–H groups in total. The Kier molecular flexibility index (Phi) is 7.90. The van der Waals surface area contributed by atoms with Crippen molar-refractivity contribution in [1.82, 2.24) is 0 Å². The quantitative estimate of drug-likeness (QED) is 0.327. The molecule has 0 amide bonds. The van der Waals surface area contributed by atoms with E-state index in [-0.39, 0.29) is 22.3 Å². The van der Waals surface area contributed by atoms with Gasteiger partial charge in [-0.05, 0) is 59.7 Å². The maximum absolute atomic E-state index is 11.1. The normalized spacial score (nSPS) is 9.03. The van der Waals surface area contributed by atoms with Crippen molar-refractivity contribution in [3.63, 3.8) is 0 Å². The van der Waals surface area contributed by atoms with Gasteiger partial charge in [-0.3, -0.25) is 4.79 Å². The maximum Gasteiger partial charge on any atom is 0.150 e. The first-order valence-electron chi connectivity index (χ1n) is 10.5. The van der Waals surface area contributed by atoms with Crippen LogP contribution in [0, 0.1) is 68.0 Å². The summed E-state index contributed by atoms with van der Waals surface area (Å²) in [5, 5.41) is 55.5. The van der Waals surface area contributed by atoms with Gasteiger partial charge in [-0.2, -0.15) is 31.6 Å². The van der Waals surface area contributed by atoms with Crippen LogP contribution in [-0.2, 0) is 0 Å².